The van der Waals surface area contributed by atoms with Crippen LogP contribution in [0.2, 0.25) is 0 Å². The molecule has 2 unspecified atom stereocenters. The molecule has 0 saturated heterocycles. The Morgan fingerprint density at radius 2 is 2.00 bits per heavy atom. The number of hydrogen-bond donors (Lipinski definition) is 2. The van der Waals surface area contributed by atoms with Crippen LogP contribution < -0.4 is 11.1 Å². The zero-order chi connectivity index (χ0) is 9.72. The largest absolute Gasteiger partial charge is 0.368 e. The van der Waals surface area contributed by atoms with E-state index in [1.54, 1.807) is 6.07 Å². The van der Waals surface area contributed by atoms with Gasteiger partial charge in [0, 0.05) is 0 Å². The fourth-order valence-corrected chi connectivity index (χ4v) is 0.468. The highest BCUT2D eigenvalue weighted by Crippen LogP contribution is 1.92. The fraction of sp³-hybridized carbons (Fsp3) is 0.571. The molecule has 66 valence electrons. The second kappa shape index (κ2) is 4.34. The lowest BCUT2D eigenvalue weighted by molar-refractivity contribution is -0.128. The first-order valence-corrected chi connectivity index (χ1v) is 3.48. The van der Waals surface area contributed by atoms with Crippen LogP contribution in [-0.4, -0.2) is 17.9 Å². The van der Waals surface area contributed by atoms with Gasteiger partial charge in [-0.05, 0) is 13.8 Å². The van der Waals surface area contributed by atoms with E-state index in [0.717, 1.165) is 0 Å². The van der Waals surface area contributed by atoms with E-state index >= 15 is 0 Å². The molecule has 0 heterocycles. The number of nitrogens with two attached hydrogens (primary N) is 1. The number of rotatable bonds is 3. The number of nitrogens with zero attached hydrogens (tertiary/aromatic N) is 1. The number of nitriles is 1. The van der Waals surface area contributed by atoms with Gasteiger partial charge in [0.05, 0.1) is 6.07 Å². The van der Waals surface area contributed by atoms with Crippen molar-refractivity contribution in [2.45, 2.75) is 19.9 Å². The summed E-state index contributed by atoms with van der Waals surface area (Å²) < 4.78 is 0. The van der Waals surface area contributed by atoms with Gasteiger partial charge in [-0.25, -0.2) is 0 Å². The second-order valence-corrected chi connectivity index (χ2v) is 2.48. The van der Waals surface area contributed by atoms with Crippen molar-refractivity contribution in [3.05, 3.63) is 0 Å². The van der Waals surface area contributed by atoms with Crippen molar-refractivity contribution in [3.63, 3.8) is 0 Å². The number of nitrogens with one attached hydrogen (secondary N) is 1. The van der Waals surface area contributed by atoms with Crippen LogP contribution in [0.3, 0.4) is 0 Å². The standard InChI is InChI=1S/C7H11N3O2/c1-4(3-8)7(12)10-5(2)6(9)11/h4-5H,1-2H3,(H2,9,11)(H,10,12). The zero-order valence-electron chi connectivity index (χ0n) is 7.00. The summed E-state index contributed by atoms with van der Waals surface area (Å²) in [6.45, 7) is 2.91. The molecule has 2 atom stereocenters. The molecule has 0 rings (SSSR count). The molecule has 0 spiro atoms. The predicted molar refractivity (Wildman–Crippen MR) is 41.6 cm³/mol. The Morgan fingerprint density at radius 3 is 2.33 bits per heavy atom. The summed E-state index contributed by atoms with van der Waals surface area (Å²) in [6, 6.07) is 1.02. The Labute approximate surface area is 70.5 Å². The van der Waals surface area contributed by atoms with E-state index in [1.807, 2.05) is 0 Å². The monoisotopic (exact) mass is 169 g/mol. The van der Waals surface area contributed by atoms with Crippen LogP contribution in [-0.2, 0) is 9.59 Å². The van der Waals surface area contributed by atoms with E-state index < -0.39 is 23.8 Å². The van der Waals surface area contributed by atoms with Crippen LogP contribution in [0.5, 0.6) is 0 Å². The smallest absolute Gasteiger partial charge is 0.239 e. The lowest BCUT2D eigenvalue weighted by Gasteiger charge is -2.10. The fourth-order valence-electron chi connectivity index (χ4n) is 0.468. The molecular weight excluding hydrogens is 158 g/mol. The molecule has 2 amide bonds. The van der Waals surface area contributed by atoms with E-state index in [0.29, 0.717) is 0 Å². The molecule has 5 heteroatoms. The lowest BCUT2D eigenvalue weighted by atomic mass is 10.2. The molecule has 3 N–H and O–H groups in total. The molecule has 0 fully saturated rings. The van der Waals surface area contributed by atoms with Crippen molar-refractivity contribution >= 4 is 11.8 Å². The zero-order valence-corrected chi connectivity index (χ0v) is 7.00. The number of carbonyl (C=O) groups is 2. The molecule has 0 aromatic rings. The van der Waals surface area contributed by atoms with E-state index in [2.05, 4.69) is 5.32 Å². The van der Waals surface area contributed by atoms with Gasteiger partial charge in [0.15, 0.2) is 0 Å². The van der Waals surface area contributed by atoms with Gasteiger partial charge >= 0.3 is 0 Å². The molecule has 0 aliphatic rings. The Morgan fingerprint density at radius 1 is 1.50 bits per heavy atom. The quantitative estimate of drug-likeness (QED) is 0.575. The Bertz CT molecular complexity index is 231. The van der Waals surface area contributed by atoms with E-state index in [4.69, 9.17) is 11.0 Å². The van der Waals surface area contributed by atoms with E-state index in [9.17, 15) is 9.59 Å². The molecule has 0 aromatic heterocycles. The highest BCUT2D eigenvalue weighted by molar-refractivity contribution is 5.88. The normalized spacial score (nSPS) is 14.1. The van der Waals surface area contributed by atoms with Crippen LogP contribution in [0.25, 0.3) is 0 Å². The molecule has 0 aliphatic heterocycles. The number of amides is 2. The molecule has 0 bridgehead atoms. The minimum Gasteiger partial charge on any atom is -0.368 e. The summed E-state index contributed by atoms with van der Waals surface area (Å²) in [5, 5.41) is 10.6. The predicted octanol–water partition coefficient (Wildman–Crippen LogP) is -0.864. The van der Waals surface area contributed by atoms with Gasteiger partial charge in [-0.1, -0.05) is 0 Å². The summed E-state index contributed by atoms with van der Waals surface area (Å²) in [6.07, 6.45) is 0. The minimum atomic E-state index is -0.758. The second-order valence-electron chi connectivity index (χ2n) is 2.48. The first-order chi connectivity index (χ1) is 5.49. The highest BCUT2D eigenvalue weighted by atomic mass is 16.2. The first-order valence-electron chi connectivity index (χ1n) is 3.48. The number of hydrogen-bond acceptors (Lipinski definition) is 3. The number of primary amides is 1. The van der Waals surface area contributed by atoms with Crippen LogP contribution in [0.15, 0.2) is 0 Å². The van der Waals surface area contributed by atoms with Gasteiger partial charge in [-0.15, -0.1) is 0 Å². The Hall–Kier alpha value is -1.57. The van der Waals surface area contributed by atoms with Gasteiger partial charge in [0.2, 0.25) is 11.8 Å². The van der Waals surface area contributed by atoms with Gasteiger partial charge in [-0.2, -0.15) is 5.26 Å². The summed E-state index contributed by atoms with van der Waals surface area (Å²) in [7, 11) is 0. The van der Waals surface area contributed by atoms with Gasteiger partial charge in [0.25, 0.3) is 0 Å². The van der Waals surface area contributed by atoms with Gasteiger partial charge in [0.1, 0.15) is 12.0 Å². The molecular formula is C7H11N3O2. The average Bonchev–Trinajstić information content (AvgIpc) is 2.02. The third kappa shape index (κ3) is 3.01. The molecule has 0 radical (unpaired) electrons. The highest BCUT2D eigenvalue weighted by Gasteiger charge is 2.16. The third-order valence-electron chi connectivity index (χ3n) is 1.37. The summed E-state index contributed by atoms with van der Waals surface area (Å²) in [5.41, 5.74) is 4.89. The Kier molecular flexibility index (Phi) is 3.77. The van der Waals surface area contributed by atoms with Crippen LogP contribution in [0, 0.1) is 17.2 Å². The van der Waals surface area contributed by atoms with Crippen molar-refractivity contribution in [1.29, 1.82) is 5.26 Å². The molecule has 0 aliphatic carbocycles. The first kappa shape index (κ1) is 10.4. The molecule has 5 nitrogen and oxygen atoms in total. The molecule has 12 heavy (non-hydrogen) atoms. The van der Waals surface area contributed by atoms with E-state index in [-0.39, 0.29) is 0 Å². The van der Waals surface area contributed by atoms with Crippen molar-refractivity contribution in [2.75, 3.05) is 0 Å². The van der Waals surface area contributed by atoms with Crippen molar-refractivity contribution < 1.29 is 9.59 Å². The maximum atomic E-state index is 10.9. The molecule has 0 saturated carbocycles. The van der Waals surface area contributed by atoms with Crippen LogP contribution in [0.4, 0.5) is 0 Å². The topological polar surface area (TPSA) is 96.0 Å². The SMILES string of the molecule is CC(C#N)C(=O)NC(C)C(N)=O. The summed E-state index contributed by atoms with van der Waals surface area (Å²) >= 11 is 0. The van der Waals surface area contributed by atoms with Gasteiger partial charge in [-0.3, -0.25) is 9.59 Å². The maximum Gasteiger partial charge on any atom is 0.239 e. The molecule has 0 aromatic carbocycles. The maximum absolute atomic E-state index is 10.9. The van der Waals surface area contributed by atoms with E-state index in [1.165, 1.54) is 13.8 Å². The minimum absolute atomic E-state index is 0.483. The van der Waals surface area contributed by atoms with Crippen LogP contribution >= 0.6 is 0 Å². The lowest BCUT2D eigenvalue weighted by Crippen LogP contribution is -2.43. The van der Waals surface area contributed by atoms with Gasteiger partial charge < -0.3 is 11.1 Å². The van der Waals surface area contributed by atoms with Crippen LogP contribution in [0.1, 0.15) is 13.8 Å². The van der Waals surface area contributed by atoms with Crippen molar-refractivity contribution in [1.82, 2.24) is 5.32 Å². The van der Waals surface area contributed by atoms with Crippen molar-refractivity contribution in [3.8, 4) is 6.07 Å². The van der Waals surface area contributed by atoms with Crippen molar-refractivity contribution in [2.24, 2.45) is 11.7 Å². The third-order valence-corrected chi connectivity index (χ3v) is 1.37. The Balaban J connectivity index is 4.03. The average molecular weight is 169 g/mol. The summed E-state index contributed by atoms with van der Waals surface area (Å²) in [4.78, 5) is 21.4. The number of carbonyl (C=O) groups excluding carboxylic acids is 2. The summed E-state index contributed by atoms with van der Waals surface area (Å²) in [5.74, 6) is -1.86.